The molecule has 0 aromatic carbocycles. The van der Waals surface area contributed by atoms with E-state index in [2.05, 4.69) is 27.5 Å². The summed E-state index contributed by atoms with van der Waals surface area (Å²) in [6, 6.07) is -0.163. The van der Waals surface area contributed by atoms with Gasteiger partial charge in [0.1, 0.15) is 0 Å². The molecule has 20 heavy (non-hydrogen) atoms. The standard InChI is InChI=1S/C13H18N4OS2/c1-3-11-17-10(8-20-11)6-15-13(18)14-5-4-12-16-9(2)7-19-12/h7-8H,3-6H2,1-2H3,(H2,14,15,18). The van der Waals surface area contributed by atoms with Gasteiger partial charge in [0, 0.05) is 29.4 Å². The van der Waals surface area contributed by atoms with Crippen molar-refractivity contribution in [3.63, 3.8) is 0 Å². The number of carbonyl (C=O) groups excluding carboxylic acids is 1. The normalized spacial score (nSPS) is 10.5. The molecule has 2 rings (SSSR count). The van der Waals surface area contributed by atoms with Crippen molar-refractivity contribution in [3.8, 4) is 0 Å². The number of carbonyl (C=O) groups is 1. The minimum Gasteiger partial charge on any atom is -0.338 e. The average molecular weight is 310 g/mol. The van der Waals surface area contributed by atoms with Gasteiger partial charge >= 0.3 is 6.03 Å². The number of hydrogen-bond acceptors (Lipinski definition) is 5. The van der Waals surface area contributed by atoms with Crippen molar-refractivity contribution in [1.29, 1.82) is 0 Å². The van der Waals surface area contributed by atoms with Crippen LogP contribution in [0.15, 0.2) is 10.8 Å². The van der Waals surface area contributed by atoms with Crippen LogP contribution in [0.5, 0.6) is 0 Å². The summed E-state index contributed by atoms with van der Waals surface area (Å²) >= 11 is 3.25. The molecule has 0 aliphatic carbocycles. The third kappa shape index (κ3) is 4.57. The summed E-state index contributed by atoms with van der Waals surface area (Å²) in [7, 11) is 0. The molecule has 0 bridgehead atoms. The van der Waals surface area contributed by atoms with E-state index in [9.17, 15) is 4.79 Å². The highest BCUT2D eigenvalue weighted by Crippen LogP contribution is 2.10. The van der Waals surface area contributed by atoms with E-state index in [1.54, 1.807) is 22.7 Å². The van der Waals surface area contributed by atoms with Gasteiger partial charge < -0.3 is 10.6 Å². The fourth-order valence-electron chi connectivity index (χ4n) is 1.63. The van der Waals surface area contributed by atoms with Crippen molar-refractivity contribution in [1.82, 2.24) is 20.6 Å². The molecule has 0 saturated carbocycles. The van der Waals surface area contributed by atoms with Crippen molar-refractivity contribution in [2.75, 3.05) is 6.54 Å². The number of aromatic nitrogens is 2. The number of urea groups is 1. The third-order valence-electron chi connectivity index (χ3n) is 2.62. The van der Waals surface area contributed by atoms with Crippen LogP contribution >= 0.6 is 22.7 Å². The Bertz CT molecular complexity index is 564. The molecule has 7 heteroatoms. The lowest BCUT2D eigenvalue weighted by molar-refractivity contribution is 0.240. The van der Waals surface area contributed by atoms with E-state index in [-0.39, 0.29) is 6.03 Å². The minimum absolute atomic E-state index is 0.163. The lowest BCUT2D eigenvalue weighted by Crippen LogP contribution is -2.36. The van der Waals surface area contributed by atoms with E-state index in [0.29, 0.717) is 13.1 Å². The fourth-order valence-corrected chi connectivity index (χ4v) is 3.15. The first-order valence-electron chi connectivity index (χ1n) is 6.53. The van der Waals surface area contributed by atoms with Gasteiger partial charge in [-0.3, -0.25) is 0 Å². The Labute approximate surface area is 126 Å². The second-order valence-electron chi connectivity index (χ2n) is 4.33. The van der Waals surface area contributed by atoms with Crippen molar-refractivity contribution < 1.29 is 4.79 Å². The molecule has 0 unspecified atom stereocenters. The van der Waals surface area contributed by atoms with Crippen LogP contribution in [0, 0.1) is 6.92 Å². The van der Waals surface area contributed by atoms with Gasteiger partial charge in [0.05, 0.1) is 22.3 Å². The van der Waals surface area contributed by atoms with Crippen molar-refractivity contribution >= 4 is 28.7 Å². The Morgan fingerprint density at radius 3 is 2.65 bits per heavy atom. The Balaban J connectivity index is 1.65. The summed E-state index contributed by atoms with van der Waals surface area (Å²) in [5.74, 6) is 0. The largest absolute Gasteiger partial charge is 0.338 e. The highest BCUT2D eigenvalue weighted by Gasteiger charge is 2.04. The lowest BCUT2D eigenvalue weighted by atomic mass is 10.4. The number of hydrogen-bond donors (Lipinski definition) is 2. The first-order valence-corrected chi connectivity index (χ1v) is 8.29. The van der Waals surface area contributed by atoms with Crippen molar-refractivity contribution in [2.45, 2.75) is 33.2 Å². The predicted octanol–water partition coefficient (Wildman–Crippen LogP) is 2.51. The van der Waals surface area contributed by atoms with E-state index in [0.717, 1.165) is 34.2 Å². The molecule has 0 saturated heterocycles. The second kappa shape index (κ2) is 7.35. The van der Waals surface area contributed by atoms with Crippen molar-refractivity contribution in [2.24, 2.45) is 0 Å². The zero-order chi connectivity index (χ0) is 14.4. The number of rotatable bonds is 6. The molecular weight excluding hydrogens is 292 g/mol. The average Bonchev–Trinajstić information content (AvgIpc) is 3.05. The zero-order valence-electron chi connectivity index (χ0n) is 11.6. The molecule has 0 spiro atoms. The smallest absolute Gasteiger partial charge is 0.315 e. The minimum atomic E-state index is -0.163. The number of nitrogens with zero attached hydrogens (tertiary/aromatic N) is 2. The highest BCUT2D eigenvalue weighted by molar-refractivity contribution is 7.09. The molecular formula is C13H18N4OS2. The highest BCUT2D eigenvalue weighted by atomic mass is 32.1. The van der Waals surface area contributed by atoms with Gasteiger partial charge in [0.15, 0.2) is 0 Å². The van der Waals surface area contributed by atoms with Crippen LogP contribution in [-0.2, 0) is 19.4 Å². The fraction of sp³-hybridized carbons (Fsp3) is 0.462. The van der Waals surface area contributed by atoms with Crippen LogP contribution in [-0.4, -0.2) is 22.5 Å². The Hall–Kier alpha value is -1.47. The monoisotopic (exact) mass is 310 g/mol. The number of aryl methyl sites for hydroxylation is 2. The molecule has 0 radical (unpaired) electrons. The van der Waals surface area contributed by atoms with Gasteiger partial charge in [-0.05, 0) is 13.3 Å². The second-order valence-corrected chi connectivity index (χ2v) is 6.21. The third-order valence-corrected chi connectivity index (χ3v) is 4.69. The lowest BCUT2D eigenvalue weighted by Gasteiger charge is -2.05. The Morgan fingerprint density at radius 2 is 2.00 bits per heavy atom. The van der Waals surface area contributed by atoms with Crippen LogP contribution in [0.4, 0.5) is 4.79 Å². The van der Waals surface area contributed by atoms with Crippen molar-refractivity contribution in [3.05, 3.63) is 32.2 Å². The van der Waals surface area contributed by atoms with Crippen LogP contribution < -0.4 is 10.6 Å². The van der Waals surface area contributed by atoms with Crippen LogP contribution in [0.25, 0.3) is 0 Å². The first kappa shape index (κ1) is 14.9. The van der Waals surface area contributed by atoms with E-state index in [1.165, 1.54) is 0 Å². The molecule has 108 valence electrons. The van der Waals surface area contributed by atoms with Crippen LogP contribution in [0.2, 0.25) is 0 Å². The molecule has 0 fully saturated rings. The molecule has 5 nitrogen and oxygen atoms in total. The molecule has 2 amide bonds. The Morgan fingerprint density at radius 1 is 1.20 bits per heavy atom. The van der Waals surface area contributed by atoms with Crippen LogP contribution in [0.1, 0.15) is 28.3 Å². The van der Waals surface area contributed by atoms with E-state index < -0.39 is 0 Å². The van der Waals surface area contributed by atoms with E-state index >= 15 is 0 Å². The van der Waals surface area contributed by atoms with Gasteiger partial charge in [-0.2, -0.15) is 0 Å². The molecule has 2 aromatic heterocycles. The Kier molecular flexibility index (Phi) is 5.49. The molecule has 0 atom stereocenters. The quantitative estimate of drug-likeness (QED) is 0.861. The summed E-state index contributed by atoms with van der Waals surface area (Å²) in [6.45, 7) is 5.11. The summed E-state index contributed by atoms with van der Waals surface area (Å²) in [6.07, 6.45) is 1.70. The van der Waals surface area contributed by atoms with Gasteiger partial charge in [0.25, 0.3) is 0 Å². The zero-order valence-corrected chi connectivity index (χ0v) is 13.2. The molecule has 2 heterocycles. The molecule has 2 N–H and O–H groups in total. The van der Waals surface area contributed by atoms with Gasteiger partial charge in [0.2, 0.25) is 0 Å². The number of thiazole rings is 2. The number of amides is 2. The summed E-state index contributed by atoms with van der Waals surface area (Å²) in [4.78, 5) is 20.4. The topological polar surface area (TPSA) is 66.9 Å². The maximum atomic E-state index is 11.6. The van der Waals surface area contributed by atoms with Gasteiger partial charge in [-0.25, -0.2) is 14.8 Å². The summed E-state index contributed by atoms with van der Waals surface area (Å²) in [5, 5.41) is 11.8. The predicted molar refractivity (Wildman–Crippen MR) is 82.3 cm³/mol. The molecule has 2 aromatic rings. The van der Waals surface area contributed by atoms with Gasteiger partial charge in [-0.15, -0.1) is 22.7 Å². The first-order chi connectivity index (χ1) is 9.67. The summed E-state index contributed by atoms with van der Waals surface area (Å²) in [5.41, 5.74) is 1.95. The number of nitrogens with one attached hydrogen (secondary N) is 2. The van der Waals surface area contributed by atoms with E-state index in [4.69, 9.17) is 0 Å². The molecule has 0 aliphatic rings. The summed E-state index contributed by atoms with van der Waals surface area (Å²) < 4.78 is 0. The molecule has 0 aliphatic heterocycles. The maximum absolute atomic E-state index is 11.6. The van der Waals surface area contributed by atoms with Crippen LogP contribution in [0.3, 0.4) is 0 Å². The maximum Gasteiger partial charge on any atom is 0.315 e. The van der Waals surface area contributed by atoms with E-state index in [1.807, 2.05) is 17.7 Å². The van der Waals surface area contributed by atoms with Gasteiger partial charge in [-0.1, -0.05) is 6.92 Å². The SMILES string of the molecule is CCc1nc(CNC(=O)NCCc2nc(C)cs2)cs1.